The molecule has 1 aliphatic heterocycles. The number of hydrazone groups is 1. The average Bonchev–Trinajstić information content (AvgIpc) is 2.91. The molecule has 1 unspecified atom stereocenters. The zero-order chi connectivity index (χ0) is 28.3. The van der Waals surface area contributed by atoms with Gasteiger partial charge in [0.1, 0.15) is 0 Å². The first-order chi connectivity index (χ1) is 18.1. The summed E-state index contributed by atoms with van der Waals surface area (Å²) in [5.74, 6) is 13.4. The van der Waals surface area contributed by atoms with Crippen LogP contribution < -0.4 is 16.6 Å². The van der Waals surface area contributed by atoms with Gasteiger partial charge in [0.05, 0.1) is 27.3 Å². The van der Waals surface area contributed by atoms with Gasteiger partial charge in [-0.3, -0.25) is 14.9 Å². The van der Waals surface area contributed by atoms with Crippen molar-refractivity contribution in [2.75, 3.05) is 31.1 Å². The Hall–Kier alpha value is -2.32. The number of hydrazine groups is 1. The highest BCUT2D eigenvalue weighted by molar-refractivity contribution is 6.38. The molecule has 1 fully saturated rings. The number of benzene rings is 1. The Morgan fingerprint density at radius 1 is 1.08 bits per heavy atom. The van der Waals surface area contributed by atoms with E-state index >= 15 is 0 Å². The minimum absolute atomic E-state index is 0.0559. The van der Waals surface area contributed by atoms with Gasteiger partial charge in [0.15, 0.2) is 5.84 Å². The number of amidine groups is 1. The molecular formula is C29H45Cl2N7. The monoisotopic (exact) mass is 561 g/mol. The summed E-state index contributed by atoms with van der Waals surface area (Å²) < 4.78 is 0. The largest absolute Gasteiger partial charge is 0.366 e. The van der Waals surface area contributed by atoms with Gasteiger partial charge >= 0.3 is 0 Å². The topological polar surface area (TPSA) is 87.0 Å². The molecule has 0 aliphatic carbocycles. The Balaban J connectivity index is 0.00000161. The zero-order valence-corrected chi connectivity index (χ0v) is 25.1. The maximum atomic E-state index is 6.70. The molecule has 210 valence electrons. The van der Waals surface area contributed by atoms with Crippen LogP contribution in [0.1, 0.15) is 59.4 Å². The molecule has 2 aromatic rings. The molecule has 2 heterocycles. The van der Waals surface area contributed by atoms with Crippen LogP contribution >= 0.6 is 23.2 Å². The van der Waals surface area contributed by atoms with Crippen molar-refractivity contribution >= 4 is 34.7 Å². The predicted molar refractivity (Wildman–Crippen MR) is 164 cm³/mol. The summed E-state index contributed by atoms with van der Waals surface area (Å²) in [6.07, 6.45) is 7.05. The molecular weight excluding hydrogens is 517 g/mol. The summed E-state index contributed by atoms with van der Waals surface area (Å²) >= 11 is 12.8. The molecule has 1 atom stereocenters. The van der Waals surface area contributed by atoms with Crippen molar-refractivity contribution in [2.24, 2.45) is 16.8 Å². The van der Waals surface area contributed by atoms with Crippen LogP contribution in [0, 0.1) is 0 Å². The minimum Gasteiger partial charge on any atom is -0.366 e. The highest BCUT2D eigenvalue weighted by atomic mass is 35.5. The van der Waals surface area contributed by atoms with Gasteiger partial charge in [0, 0.05) is 38.6 Å². The maximum absolute atomic E-state index is 6.70. The summed E-state index contributed by atoms with van der Waals surface area (Å²) in [7, 11) is 0. The van der Waals surface area contributed by atoms with Crippen molar-refractivity contribution in [3.63, 3.8) is 0 Å². The van der Waals surface area contributed by atoms with Gasteiger partial charge in [-0.1, -0.05) is 92.9 Å². The lowest BCUT2D eigenvalue weighted by Crippen LogP contribution is -2.62. The lowest BCUT2D eigenvalue weighted by Gasteiger charge is -2.45. The zero-order valence-electron chi connectivity index (χ0n) is 23.6. The predicted octanol–water partition coefficient (Wildman–Crippen LogP) is 6.12. The van der Waals surface area contributed by atoms with Crippen LogP contribution in [0.3, 0.4) is 0 Å². The first-order valence-corrected chi connectivity index (χ1v) is 14.2. The van der Waals surface area contributed by atoms with Gasteiger partial charge < -0.3 is 10.7 Å². The normalized spacial score (nSPS) is 15.5. The standard InChI is InChI=1S/C26H37Cl2N7.C3H8/c1-5-19(2)26(3,4)35(30)25(32-29)23(12-11-20-9-7-6-8-10-20)33-13-15-34(16-14-33)24-21(27)17-31-18-22(24)28;1-3-2/h6-10,17-18,23H,2,5,11-16,29-30H2,1,3-4H3;3H2,1-2H3/b32-25-;. The maximum Gasteiger partial charge on any atom is 0.156 e. The Morgan fingerprint density at radius 2 is 1.63 bits per heavy atom. The molecule has 0 amide bonds. The Labute approximate surface area is 239 Å². The van der Waals surface area contributed by atoms with Crippen LogP contribution in [0.4, 0.5) is 5.69 Å². The molecule has 7 nitrogen and oxygen atoms in total. The fraction of sp³-hybridized carbons (Fsp3) is 0.517. The molecule has 0 radical (unpaired) electrons. The number of anilines is 1. The van der Waals surface area contributed by atoms with Gasteiger partial charge in [-0.25, -0.2) is 5.84 Å². The van der Waals surface area contributed by atoms with Gasteiger partial charge in [-0.15, -0.1) is 0 Å². The van der Waals surface area contributed by atoms with Crippen molar-refractivity contribution in [3.8, 4) is 0 Å². The summed E-state index contributed by atoms with van der Waals surface area (Å²) in [6, 6.07) is 10.4. The van der Waals surface area contributed by atoms with Crippen LogP contribution in [-0.2, 0) is 6.42 Å². The molecule has 1 aromatic carbocycles. The van der Waals surface area contributed by atoms with E-state index in [1.807, 2.05) is 6.07 Å². The third-order valence-electron chi connectivity index (χ3n) is 7.02. The third-order valence-corrected chi connectivity index (χ3v) is 7.57. The molecule has 3 rings (SSSR count). The molecule has 0 spiro atoms. The molecule has 0 saturated carbocycles. The number of nitrogens with zero attached hydrogens (tertiary/aromatic N) is 5. The summed E-state index contributed by atoms with van der Waals surface area (Å²) in [6.45, 7) is 17.8. The lowest BCUT2D eigenvalue weighted by atomic mass is 9.91. The van der Waals surface area contributed by atoms with Gasteiger partial charge in [0.2, 0.25) is 0 Å². The van der Waals surface area contributed by atoms with E-state index in [9.17, 15) is 0 Å². The smallest absolute Gasteiger partial charge is 0.156 e. The molecule has 1 aliphatic rings. The molecule has 1 aromatic heterocycles. The van der Waals surface area contributed by atoms with Gasteiger partial charge in [-0.05, 0) is 38.7 Å². The molecule has 4 N–H and O–H groups in total. The summed E-state index contributed by atoms with van der Waals surface area (Å²) in [5, 5.41) is 7.06. The number of hydrogen-bond donors (Lipinski definition) is 2. The molecule has 9 heteroatoms. The number of aryl methyl sites for hydroxylation is 1. The SMILES string of the molecule is C=C(CC)C(C)(C)N(N)/C(=N\N)C(CCc1ccccc1)N1CCN(c2c(Cl)cncc2Cl)CC1.CCC. The second-order valence-electron chi connectivity index (χ2n) is 10.1. The van der Waals surface area contributed by atoms with Crippen LogP contribution in [0.5, 0.6) is 0 Å². The van der Waals surface area contributed by atoms with Crippen molar-refractivity contribution in [2.45, 2.75) is 71.9 Å². The summed E-state index contributed by atoms with van der Waals surface area (Å²) in [4.78, 5) is 8.69. The van der Waals surface area contributed by atoms with E-state index in [0.717, 1.165) is 56.7 Å². The average molecular weight is 563 g/mol. The van der Waals surface area contributed by atoms with E-state index in [-0.39, 0.29) is 6.04 Å². The first-order valence-electron chi connectivity index (χ1n) is 13.4. The highest BCUT2D eigenvalue weighted by Gasteiger charge is 2.36. The number of rotatable bonds is 9. The summed E-state index contributed by atoms with van der Waals surface area (Å²) in [5.41, 5.74) is 2.63. The fourth-order valence-corrected chi connectivity index (χ4v) is 5.19. The molecule has 38 heavy (non-hydrogen) atoms. The minimum atomic E-state index is -0.488. The molecule has 1 saturated heterocycles. The lowest BCUT2D eigenvalue weighted by molar-refractivity contribution is 0.182. The number of nitrogens with two attached hydrogens (primary N) is 2. The quantitative estimate of drug-likeness (QED) is 0.126. The second-order valence-corrected chi connectivity index (χ2v) is 10.9. The number of aromatic nitrogens is 1. The van der Waals surface area contributed by atoms with E-state index in [1.54, 1.807) is 17.4 Å². The number of halogens is 2. The Bertz CT molecular complexity index is 1010. The Kier molecular flexibility index (Phi) is 12.9. The van der Waals surface area contributed by atoms with Crippen LogP contribution in [0.25, 0.3) is 0 Å². The fourth-order valence-electron chi connectivity index (χ4n) is 4.58. The van der Waals surface area contributed by atoms with Crippen molar-refractivity contribution < 1.29 is 0 Å². The number of piperazine rings is 1. The van der Waals surface area contributed by atoms with Crippen LogP contribution in [0.2, 0.25) is 10.0 Å². The van der Waals surface area contributed by atoms with Gasteiger partial charge in [0.25, 0.3) is 0 Å². The van der Waals surface area contributed by atoms with Crippen LogP contribution in [-0.4, -0.2) is 58.5 Å². The third kappa shape index (κ3) is 8.09. The van der Waals surface area contributed by atoms with E-state index in [4.69, 9.17) is 34.9 Å². The van der Waals surface area contributed by atoms with Crippen molar-refractivity contribution in [1.82, 2.24) is 14.9 Å². The van der Waals surface area contributed by atoms with Crippen molar-refractivity contribution in [1.29, 1.82) is 0 Å². The number of pyridine rings is 1. The highest BCUT2D eigenvalue weighted by Crippen LogP contribution is 2.33. The Morgan fingerprint density at radius 3 is 2.13 bits per heavy atom. The van der Waals surface area contributed by atoms with E-state index in [2.05, 4.69) is 85.3 Å². The first kappa shape index (κ1) is 31.9. The van der Waals surface area contributed by atoms with Crippen LogP contribution in [0.15, 0.2) is 60.0 Å². The van der Waals surface area contributed by atoms with E-state index < -0.39 is 5.54 Å². The van der Waals surface area contributed by atoms with Gasteiger partial charge in [-0.2, -0.15) is 5.10 Å². The van der Waals surface area contributed by atoms with E-state index in [1.165, 1.54) is 12.0 Å². The second kappa shape index (κ2) is 15.3. The molecule has 0 bridgehead atoms. The van der Waals surface area contributed by atoms with E-state index in [0.29, 0.717) is 15.9 Å². The number of hydrogen-bond acceptors (Lipinski definition) is 6. The van der Waals surface area contributed by atoms with Crippen molar-refractivity contribution in [3.05, 3.63) is 70.5 Å².